The number of ether oxygens (including phenoxy) is 1. The van der Waals surface area contributed by atoms with E-state index in [1.54, 1.807) is 0 Å². The minimum Gasteiger partial charge on any atom is -0.466 e. The molecule has 0 saturated heterocycles. The van der Waals surface area contributed by atoms with Crippen LogP contribution in [0.4, 0.5) is 0 Å². The Morgan fingerprint density at radius 2 is 2.30 bits per heavy atom. The molecule has 0 fully saturated rings. The van der Waals surface area contributed by atoms with E-state index in [0.717, 1.165) is 0 Å². The molecule has 1 aromatic rings. The maximum absolute atomic E-state index is 10.5. The quantitative estimate of drug-likeness (QED) is 0.579. The van der Waals surface area contributed by atoms with Crippen LogP contribution in [0.2, 0.25) is 0 Å². The van der Waals surface area contributed by atoms with Gasteiger partial charge in [-0.1, -0.05) is 0 Å². The number of nitrogens with zero attached hydrogens (tertiary/aromatic N) is 2. The van der Waals surface area contributed by atoms with E-state index >= 15 is 0 Å². The van der Waals surface area contributed by atoms with Gasteiger partial charge >= 0.3 is 11.8 Å². The van der Waals surface area contributed by atoms with Gasteiger partial charge in [0.25, 0.3) is 0 Å². The normalized spacial score (nSPS) is 8.60. The van der Waals surface area contributed by atoms with Gasteiger partial charge in [-0.3, -0.25) is 4.52 Å². The second kappa shape index (κ2) is 3.48. The molecule has 0 N–H and O–H groups in total. The summed E-state index contributed by atoms with van der Waals surface area (Å²) in [4.78, 5) is 10.5. The Morgan fingerprint density at radius 3 is 2.50 bits per heavy atom. The first-order chi connectivity index (χ1) is 4.25. The van der Waals surface area contributed by atoms with Crippen molar-refractivity contribution < 1.29 is 27.8 Å². The maximum Gasteiger partial charge on any atom is 0.444 e. The fourth-order valence-electron chi connectivity index (χ4n) is 0.453. The van der Waals surface area contributed by atoms with E-state index in [9.17, 15) is 4.79 Å². The third-order valence-corrected chi connectivity index (χ3v) is 0.945. The average Bonchev–Trinajstić information content (AvgIpc) is 2.15. The predicted molar refractivity (Wildman–Crippen MR) is 28.3 cm³/mol. The second-order valence-corrected chi connectivity index (χ2v) is 1.49. The van der Waals surface area contributed by atoms with Crippen molar-refractivity contribution in [3.63, 3.8) is 0 Å². The molecule has 0 aliphatic carbocycles. The van der Waals surface area contributed by atoms with Crippen molar-refractivity contribution in [3.05, 3.63) is 10.6 Å². The molecule has 0 spiro atoms. The summed E-state index contributed by atoms with van der Waals surface area (Å²) in [6.45, 7) is 0. The van der Waals surface area contributed by atoms with E-state index < -0.39 is 5.76 Å². The molecule has 0 aliphatic heterocycles. The first kappa shape index (κ1) is 9.32. The summed E-state index contributed by atoms with van der Waals surface area (Å²) in [7, 11) is 2.93. The molecule has 1 radical (unpaired) electrons. The molecule has 1 rings (SSSR count). The first-order valence-electron chi connectivity index (χ1n) is 2.32. The monoisotopic (exact) mass is 181 g/mol. The van der Waals surface area contributed by atoms with Gasteiger partial charge in [0.1, 0.15) is 0 Å². The molecular formula is C4H6N2O3V. The van der Waals surface area contributed by atoms with Crippen molar-refractivity contribution in [1.82, 2.24) is 9.72 Å². The van der Waals surface area contributed by atoms with Gasteiger partial charge in [0.05, 0.1) is 7.11 Å². The fourth-order valence-corrected chi connectivity index (χ4v) is 0.453. The van der Waals surface area contributed by atoms with Crippen LogP contribution < -0.4 is 10.5 Å². The van der Waals surface area contributed by atoms with E-state index in [1.165, 1.54) is 18.7 Å². The smallest absolute Gasteiger partial charge is 0.444 e. The van der Waals surface area contributed by atoms with Crippen LogP contribution in [0.1, 0.15) is 0 Å². The zero-order chi connectivity index (χ0) is 6.85. The molecule has 0 saturated carbocycles. The molecule has 5 nitrogen and oxygen atoms in total. The summed E-state index contributed by atoms with van der Waals surface area (Å²) in [6.07, 6.45) is 0. The minimum absolute atomic E-state index is 0. The van der Waals surface area contributed by atoms with Gasteiger partial charge in [-0.25, -0.2) is 9.36 Å². The SMILES string of the molecule is COc1noc(=O)n1C.[V]. The predicted octanol–water partition coefficient (Wildman–Crippen LogP) is -0.621. The number of aromatic nitrogens is 2. The molecule has 10 heavy (non-hydrogen) atoms. The molecular weight excluding hydrogens is 175 g/mol. The molecule has 0 bridgehead atoms. The Labute approximate surface area is 68.8 Å². The molecule has 55 valence electrons. The Bertz CT molecular complexity index is 253. The van der Waals surface area contributed by atoms with Crippen molar-refractivity contribution in [3.8, 4) is 6.01 Å². The number of hydrogen-bond acceptors (Lipinski definition) is 4. The van der Waals surface area contributed by atoms with Crippen LogP contribution in [0.3, 0.4) is 0 Å². The zero-order valence-electron chi connectivity index (χ0n) is 5.57. The Kier molecular flexibility index (Phi) is 3.25. The largest absolute Gasteiger partial charge is 0.466 e. The topological polar surface area (TPSA) is 57.3 Å². The summed E-state index contributed by atoms with van der Waals surface area (Å²) in [5, 5.41) is 3.29. The summed E-state index contributed by atoms with van der Waals surface area (Å²) in [6, 6.07) is 0.181. The third-order valence-electron chi connectivity index (χ3n) is 0.945. The summed E-state index contributed by atoms with van der Waals surface area (Å²) in [5.41, 5.74) is 0. The summed E-state index contributed by atoms with van der Waals surface area (Å²) < 4.78 is 10.0. The van der Waals surface area contributed by atoms with Crippen LogP contribution in [0.5, 0.6) is 6.01 Å². The maximum atomic E-state index is 10.5. The van der Waals surface area contributed by atoms with Gasteiger partial charge < -0.3 is 4.74 Å². The molecule has 1 heterocycles. The van der Waals surface area contributed by atoms with E-state index in [4.69, 9.17) is 0 Å². The van der Waals surface area contributed by atoms with Gasteiger partial charge in [-0.05, 0) is 5.16 Å². The Hall–Kier alpha value is -0.676. The first-order valence-corrected chi connectivity index (χ1v) is 2.32. The molecule has 0 amide bonds. The van der Waals surface area contributed by atoms with Crippen LogP contribution in [0.25, 0.3) is 0 Å². The van der Waals surface area contributed by atoms with Gasteiger partial charge in [-0.2, -0.15) is 0 Å². The fraction of sp³-hybridized carbons (Fsp3) is 0.500. The summed E-state index contributed by atoms with van der Waals surface area (Å²) in [5.74, 6) is -0.521. The minimum atomic E-state index is -0.521. The average molecular weight is 181 g/mol. The van der Waals surface area contributed by atoms with Crippen molar-refractivity contribution in [2.75, 3.05) is 7.11 Å². The van der Waals surface area contributed by atoms with Crippen molar-refractivity contribution in [1.29, 1.82) is 0 Å². The molecule has 1 aromatic heterocycles. The van der Waals surface area contributed by atoms with Crippen LogP contribution in [-0.2, 0) is 25.6 Å². The van der Waals surface area contributed by atoms with Crippen molar-refractivity contribution in [2.24, 2.45) is 7.05 Å². The second-order valence-electron chi connectivity index (χ2n) is 1.49. The Balaban J connectivity index is 0.000000810. The van der Waals surface area contributed by atoms with Crippen LogP contribution in [0.15, 0.2) is 9.32 Å². The standard InChI is InChI=1S/C4H6N2O3.V/c1-6-3(8-2)5-9-4(6)7;/h1-2H3;. The third kappa shape index (κ3) is 1.43. The van der Waals surface area contributed by atoms with E-state index in [-0.39, 0.29) is 24.6 Å². The van der Waals surface area contributed by atoms with E-state index in [0.29, 0.717) is 0 Å². The van der Waals surface area contributed by atoms with Gasteiger partial charge in [0.2, 0.25) is 0 Å². The van der Waals surface area contributed by atoms with Crippen LogP contribution in [-0.4, -0.2) is 16.8 Å². The molecule has 6 heteroatoms. The van der Waals surface area contributed by atoms with Gasteiger partial charge in [0.15, 0.2) is 0 Å². The number of methoxy groups -OCH3 is 1. The molecule has 0 aromatic carbocycles. The van der Waals surface area contributed by atoms with E-state index in [2.05, 4.69) is 14.4 Å². The van der Waals surface area contributed by atoms with Crippen LogP contribution >= 0.6 is 0 Å². The zero-order valence-corrected chi connectivity index (χ0v) is 6.96. The number of hydrogen-bond donors (Lipinski definition) is 0. The van der Waals surface area contributed by atoms with Crippen molar-refractivity contribution >= 4 is 0 Å². The molecule has 0 aliphatic rings. The van der Waals surface area contributed by atoms with Gasteiger partial charge in [-0.15, -0.1) is 0 Å². The van der Waals surface area contributed by atoms with Crippen LogP contribution in [0, 0.1) is 0 Å². The summed E-state index contributed by atoms with van der Waals surface area (Å²) >= 11 is 0. The van der Waals surface area contributed by atoms with Gasteiger partial charge in [0, 0.05) is 25.6 Å². The molecule has 0 atom stereocenters. The number of rotatable bonds is 1. The Morgan fingerprint density at radius 1 is 1.70 bits per heavy atom. The molecule has 0 unspecified atom stereocenters. The van der Waals surface area contributed by atoms with E-state index in [1.807, 2.05) is 0 Å². The van der Waals surface area contributed by atoms with Crippen molar-refractivity contribution in [2.45, 2.75) is 0 Å².